The maximum absolute atomic E-state index is 11.7. The number of rotatable bonds is 4. The van der Waals surface area contributed by atoms with Crippen molar-refractivity contribution in [1.29, 1.82) is 0 Å². The Balaban J connectivity index is 1.74. The molecule has 0 unspecified atom stereocenters. The highest BCUT2D eigenvalue weighted by molar-refractivity contribution is 14.1. The molecular formula is C14H17IN2O2. The highest BCUT2D eigenvalue weighted by Crippen LogP contribution is 2.10. The molecule has 0 saturated carbocycles. The monoisotopic (exact) mass is 372 g/mol. The van der Waals surface area contributed by atoms with E-state index in [9.17, 15) is 4.79 Å². The SMILES string of the molecule is O=C(NN1CCC=C(CI)C1)OCc1ccccc1. The fraction of sp³-hybridized carbons (Fsp3) is 0.357. The van der Waals surface area contributed by atoms with Crippen LogP contribution in [0.4, 0.5) is 4.79 Å². The minimum atomic E-state index is -0.390. The first-order chi connectivity index (χ1) is 9.28. The van der Waals surface area contributed by atoms with Gasteiger partial charge in [0.2, 0.25) is 0 Å². The topological polar surface area (TPSA) is 41.6 Å². The van der Waals surface area contributed by atoms with E-state index >= 15 is 0 Å². The summed E-state index contributed by atoms with van der Waals surface area (Å²) in [6, 6.07) is 9.67. The Morgan fingerprint density at radius 3 is 2.89 bits per heavy atom. The van der Waals surface area contributed by atoms with E-state index in [2.05, 4.69) is 34.1 Å². The Morgan fingerprint density at radius 2 is 2.16 bits per heavy atom. The highest BCUT2D eigenvalue weighted by atomic mass is 127. The van der Waals surface area contributed by atoms with Crippen molar-refractivity contribution in [3.63, 3.8) is 0 Å². The molecule has 19 heavy (non-hydrogen) atoms. The van der Waals surface area contributed by atoms with Crippen LogP contribution in [0.15, 0.2) is 42.0 Å². The second kappa shape index (κ2) is 7.49. The molecule has 1 N–H and O–H groups in total. The molecule has 4 nitrogen and oxygen atoms in total. The average Bonchev–Trinajstić information content (AvgIpc) is 2.46. The Bertz CT molecular complexity index is 448. The second-order valence-corrected chi connectivity index (χ2v) is 5.14. The predicted molar refractivity (Wildman–Crippen MR) is 82.9 cm³/mol. The average molecular weight is 372 g/mol. The van der Waals surface area contributed by atoms with Gasteiger partial charge in [0.1, 0.15) is 6.61 Å². The van der Waals surface area contributed by atoms with Crippen molar-refractivity contribution >= 4 is 28.7 Å². The maximum Gasteiger partial charge on any atom is 0.422 e. The van der Waals surface area contributed by atoms with Gasteiger partial charge in [-0.05, 0) is 17.6 Å². The van der Waals surface area contributed by atoms with Crippen LogP contribution in [-0.2, 0) is 11.3 Å². The number of nitrogens with one attached hydrogen (secondary N) is 1. The summed E-state index contributed by atoms with van der Waals surface area (Å²) in [7, 11) is 0. The molecule has 1 aliphatic heterocycles. The molecule has 0 fully saturated rings. The summed E-state index contributed by atoms with van der Waals surface area (Å²) in [6.07, 6.45) is 2.82. The molecule has 1 amide bonds. The van der Waals surface area contributed by atoms with Crippen LogP contribution in [-0.4, -0.2) is 28.6 Å². The largest absolute Gasteiger partial charge is 0.444 e. The number of carbonyl (C=O) groups excluding carboxylic acids is 1. The van der Waals surface area contributed by atoms with Gasteiger partial charge in [-0.2, -0.15) is 0 Å². The second-order valence-electron chi connectivity index (χ2n) is 4.38. The third-order valence-electron chi connectivity index (χ3n) is 2.86. The zero-order chi connectivity index (χ0) is 13.5. The van der Waals surface area contributed by atoms with Crippen molar-refractivity contribution in [2.45, 2.75) is 13.0 Å². The van der Waals surface area contributed by atoms with Gasteiger partial charge in [0.15, 0.2) is 0 Å². The summed E-state index contributed by atoms with van der Waals surface area (Å²) in [4.78, 5) is 11.7. The zero-order valence-electron chi connectivity index (χ0n) is 10.6. The lowest BCUT2D eigenvalue weighted by Gasteiger charge is -2.26. The van der Waals surface area contributed by atoms with E-state index in [0.717, 1.165) is 29.5 Å². The van der Waals surface area contributed by atoms with Crippen LogP contribution >= 0.6 is 22.6 Å². The lowest BCUT2D eigenvalue weighted by atomic mass is 10.2. The Kier molecular flexibility index (Phi) is 5.65. The summed E-state index contributed by atoms with van der Waals surface area (Å²) in [6.45, 7) is 1.92. The fourth-order valence-electron chi connectivity index (χ4n) is 1.89. The van der Waals surface area contributed by atoms with Crippen LogP contribution < -0.4 is 5.43 Å². The molecule has 0 saturated heterocycles. The molecule has 0 radical (unpaired) electrons. The molecule has 1 aromatic rings. The van der Waals surface area contributed by atoms with Crippen LogP contribution in [0.25, 0.3) is 0 Å². The lowest BCUT2D eigenvalue weighted by molar-refractivity contribution is 0.102. The number of ether oxygens (including phenoxy) is 1. The predicted octanol–water partition coefficient (Wildman–Crippen LogP) is 2.89. The molecule has 5 heteroatoms. The van der Waals surface area contributed by atoms with Crippen LogP contribution in [0.1, 0.15) is 12.0 Å². The van der Waals surface area contributed by atoms with Crippen molar-refractivity contribution in [2.24, 2.45) is 0 Å². The van der Waals surface area contributed by atoms with Crippen LogP contribution in [0.2, 0.25) is 0 Å². The summed E-state index contributed by atoms with van der Waals surface area (Å²) >= 11 is 2.34. The number of carbonyl (C=O) groups is 1. The van der Waals surface area contributed by atoms with Crippen molar-refractivity contribution in [3.05, 3.63) is 47.5 Å². The lowest BCUT2D eigenvalue weighted by Crippen LogP contribution is -2.45. The standard InChI is InChI=1S/C14H17IN2O2/c15-9-13-7-4-8-17(10-13)16-14(18)19-11-12-5-2-1-3-6-12/h1-3,5-7H,4,8-11H2,(H,16,18). The maximum atomic E-state index is 11.7. The number of nitrogens with zero attached hydrogens (tertiary/aromatic N) is 1. The molecule has 0 aromatic heterocycles. The van der Waals surface area contributed by atoms with Crippen LogP contribution in [0, 0.1) is 0 Å². The Morgan fingerprint density at radius 1 is 1.37 bits per heavy atom. The van der Waals surface area contributed by atoms with Crippen LogP contribution in [0.3, 0.4) is 0 Å². The number of hydrogen-bond donors (Lipinski definition) is 1. The van der Waals surface area contributed by atoms with Gasteiger partial charge in [0.05, 0.1) is 0 Å². The van der Waals surface area contributed by atoms with E-state index in [1.807, 2.05) is 35.3 Å². The first-order valence-electron chi connectivity index (χ1n) is 6.24. The van der Waals surface area contributed by atoms with E-state index in [4.69, 9.17) is 4.74 Å². The molecule has 1 aromatic carbocycles. The minimum absolute atomic E-state index is 0.301. The van der Waals surface area contributed by atoms with E-state index in [1.54, 1.807) is 0 Å². The number of hydrazine groups is 1. The number of amides is 1. The van der Waals surface area contributed by atoms with Gasteiger partial charge in [-0.25, -0.2) is 9.80 Å². The third-order valence-corrected chi connectivity index (χ3v) is 3.84. The fourth-order valence-corrected chi connectivity index (χ4v) is 2.44. The smallest absolute Gasteiger partial charge is 0.422 e. The summed E-state index contributed by atoms with van der Waals surface area (Å²) in [5.74, 6) is 0. The molecule has 0 aliphatic carbocycles. The van der Waals surface area contributed by atoms with E-state index in [0.29, 0.717) is 6.61 Å². The van der Waals surface area contributed by atoms with Gasteiger partial charge < -0.3 is 4.74 Å². The summed E-state index contributed by atoms with van der Waals surface area (Å²) in [5, 5.41) is 1.90. The van der Waals surface area contributed by atoms with E-state index in [-0.39, 0.29) is 0 Å². The van der Waals surface area contributed by atoms with Crippen molar-refractivity contribution < 1.29 is 9.53 Å². The molecule has 0 bridgehead atoms. The van der Waals surface area contributed by atoms with Crippen molar-refractivity contribution in [1.82, 2.24) is 10.4 Å². The normalized spacial score (nSPS) is 15.7. The first kappa shape index (κ1) is 14.3. The quantitative estimate of drug-likeness (QED) is 0.502. The number of halogens is 1. The number of hydrogen-bond acceptors (Lipinski definition) is 3. The van der Waals surface area contributed by atoms with Crippen molar-refractivity contribution in [3.8, 4) is 0 Å². The molecule has 0 spiro atoms. The first-order valence-corrected chi connectivity index (χ1v) is 7.76. The van der Waals surface area contributed by atoms with Crippen molar-refractivity contribution in [2.75, 3.05) is 17.5 Å². The van der Waals surface area contributed by atoms with Gasteiger partial charge in [-0.15, -0.1) is 0 Å². The Labute approximate surface area is 126 Å². The summed E-state index contributed by atoms with van der Waals surface area (Å²) < 4.78 is 6.18. The molecule has 2 rings (SSSR count). The van der Waals surface area contributed by atoms with Gasteiger partial charge in [-0.3, -0.25) is 5.43 Å². The molecule has 1 heterocycles. The number of benzene rings is 1. The zero-order valence-corrected chi connectivity index (χ0v) is 12.8. The molecule has 102 valence electrons. The van der Waals surface area contributed by atoms with Gasteiger partial charge >= 0.3 is 6.09 Å². The molecule has 0 atom stereocenters. The van der Waals surface area contributed by atoms with Gasteiger partial charge in [0, 0.05) is 17.5 Å². The number of alkyl halides is 1. The molecule has 1 aliphatic rings. The van der Waals surface area contributed by atoms with E-state index in [1.165, 1.54) is 5.57 Å². The van der Waals surface area contributed by atoms with E-state index < -0.39 is 6.09 Å². The van der Waals surface area contributed by atoms with Gasteiger partial charge in [0.25, 0.3) is 0 Å². The third kappa shape index (κ3) is 4.83. The highest BCUT2D eigenvalue weighted by Gasteiger charge is 2.14. The minimum Gasteiger partial charge on any atom is -0.444 e. The van der Waals surface area contributed by atoms with Gasteiger partial charge in [-0.1, -0.05) is 59.0 Å². The molecular weight excluding hydrogens is 355 g/mol. The van der Waals surface area contributed by atoms with Crippen LogP contribution in [0.5, 0.6) is 0 Å². The Hall–Kier alpha value is -1.08. The summed E-state index contributed by atoms with van der Waals surface area (Å²) in [5.41, 5.74) is 5.11.